The van der Waals surface area contributed by atoms with Crippen LogP contribution >= 0.6 is 35.0 Å². The van der Waals surface area contributed by atoms with Gasteiger partial charge in [-0.15, -0.1) is 0 Å². The number of hydrogen-bond donors (Lipinski definition) is 1. The second-order valence-electron chi connectivity index (χ2n) is 4.58. The summed E-state index contributed by atoms with van der Waals surface area (Å²) in [7, 11) is 0. The minimum Gasteiger partial charge on any atom is -0.360 e. The van der Waals surface area contributed by atoms with Gasteiger partial charge in [-0.25, -0.2) is 4.98 Å². The molecule has 1 aromatic heterocycles. The third-order valence-electron chi connectivity index (χ3n) is 2.81. The van der Waals surface area contributed by atoms with Crippen LogP contribution in [0.15, 0.2) is 29.4 Å². The molecule has 0 aliphatic heterocycles. The fraction of sp³-hybridized carbons (Fsp3) is 0.286. The summed E-state index contributed by atoms with van der Waals surface area (Å²) in [5, 5.41) is 15.0. The normalized spacial score (nSPS) is 10.6. The Morgan fingerprint density at radius 2 is 1.96 bits per heavy atom. The summed E-state index contributed by atoms with van der Waals surface area (Å²) >= 11 is 13.2. The Bertz CT molecular complexity index is 698. The average molecular weight is 373 g/mol. The monoisotopic (exact) mass is 372 g/mol. The van der Waals surface area contributed by atoms with Crippen LogP contribution in [-0.4, -0.2) is 20.6 Å². The first kappa shape index (κ1) is 17.8. The summed E-state index contributed by atoms with van der Waals surface area (Å²) in [6, 6.07) is 7.17. The molecule has 0 aliphatic carbocycles. The van der Waals surface area contributed by atoms with E-state index in [4.69, 9.17) is 23.2 Å². The maximum Gasteiger partial charge on any atom is 0.348 e. The zero-order valence-electron chi connectivity index (χ0n) is 12.3. The van der Waals surface area contributed by atoms with E-state index in [0.717, 1.165) is 17.7 Å². The molecule has 0 amide bonds. The summed E-state index contributed by atoms with van der Waals surface area (Å²) in [5.41, 5.74) is 0.600. The molecular weight excluding hydrogens is 359 g/mol. The molecule has 1 N–H and O–H groups in total. The Hall–Kier alpha value is -1.57. The first-order valence-electron chi connectivity index (χ1n) is 6.84. The first-order valence-corrected chi connectivity index (χ1v) is 8.58. The smallest absolute Gasteiger partial charge is 0.348 e. The Kier molecular flexibility index (Phi) is 6.44. The van der Waals surface area contributed by atoms with E-state index in [1.807, 2.05) is 19.1 Å². The fourth-order valence-electron chi connectivity index (χ4n) is 1.74. The van der Waals surface area contributed by atoms with Gasteiger partial charge in [-0.05, 0) is 24.1 Å². The van der Waals surface area contributed by atoms with E-state index in [1.165, 1.54) is 11.8 Å². The van der Waals surface area contributed by atoms with Crippen LogP contribution in [0, 0.1) is 10.1 Å². The molecule has 0 fully saturated rings. The van der Waals surface area contributed by atoms with E-state index in [-0.39, 0.29) is 16.7 Å². The summed E-state index contributed by atoms with van der Waals surface area (Å²) in [6.07, 6.45) is 0.941. The predicted octanol–water partition coefficient (Wildman–Crippen LogP) is 4.81. The molecule has 0 spiro atoms. The van der Waals surface area contributed by atoms with Crippen molar-refractivity contribution in [1.82, 2.24) is 9.97 Å². The highest BCUT2D eigenvalue weighted by Crippen LogP contribution is 2.32. The molecule has 9 heteroatoms. The molecule has 23 heavy (non-hydrogen) atoms. The number of hydrogen-bond acceptors (Lipinski definition) is 6. The van der Waals surface area contributed by atoms with Gasteiger partial charge in [0.25, 0.3) is 0 Å². The zero-order chi connectivity index (χ0) is 16.8. The minimum atomic E-state index is -0.583. The van der Waals surface area contributed by atoms with Gasteiger partial charge in [0.1, 0.15) is 0 Å². The van der Waals surface area contributed by atoms with Crippen LogP contribution in [0.25, 0.3) is 0 Å². The van der Waals surface area contributed by atoms with Gasteiger partial charge in [0, 0.05) is 17.3 Å². The molecule has 0 unspecified atom stereocenters. The van der Waals surface area contributed by atoms with E-state index in [1.54, 1.807) is 12.1 Å². The quantitative estimate of drug-likeness (QED) is 0.247. The number of nitrogens with one attached hydrogen (secondary N) is 1. The van der Waals surface area contributed by atoms with Crippen LogP contribution in [0.1, 0.15) is 18.9 Å². The van der Waals surface area contributed by atoms with Crippen LogP contribution in [0.4, 0.5) is 11.5 Å². The van der Waals surface area contributed by atoms with Crippen molar-refractivity contribution in [2.75, 3.05) is 11.1 Å². The second kappa shape index (κ2) is 8.33. The largest absolute Gasteiger partial charge is 0.360 e. The summed E-state index contributed by atoms with van der Waals surface area (Å²) in [4.78, 5) is 18.8. The van der Waals surface area contributed by atoms with Crippen LogP contribution in [-0.2, 0) is 6.54 Å². The number of halogens is 2. The molecule has 6 nitrogen and oxygen atoms in total. The van der Waals surface area contributed by atoms with Crippen LogP contribution < -0.4 is 5.32 Å². The van der Waals surface area contributed by atoms with Gasteiger partial charge in [-0.3, -0.25) is 10.1 Å². The van der Waals surface area contributed by atoms with Crippen molar-refractivity contribution in [3.05, 3.63) is 50.1 Å². The molecule has 122 valence electrons. The minimum absolute atomic E-state index is 0.114. The molecule has 0 atom stereocenters. The van der Waals surface area contributed by atoms with Crippen molar-refractivity contribution < 1.29 is 4.92 Å². The van der Waals surface area contributed by atoms with Gasteiger partial charge in [-0.1, -0.05) is 54.0 Å². The van der Waals surface area contributed by atoms with Crippen molar-refractivity contribution in [2.45, 2.75) is 25.0 Å². The van der Waals surface area contributed by atoms with Gasteiger partial charge in [-0.2, -0.15) is 4.98 Å². The van der Waals surface area contributed by atoms with Crippen LogP contribution in [0.3, 0.4) is 0 Å². The van der Waals surface area contributed by atoms with Crippen molar-refractivity contribution in [2.24, 2.45) is 0 Å². The maximum absolute atomic E-state index is 11.2. The number of benzene rings is 1. The number of anilines is 1. The SMILES string of the molecule is CCCSc1nc(Cl)c([N+](=O)[O-])c(NCc2ccc(Cl)cc2)n1. The summed E-state index contributed by atoms with van der Waals surface area (Å²) in [6.45, 7) is 2.39. The Balaban J connectivity index is 2.24. The van der Waals surface area contributed by atoms with E-state index >= 15 is 0 Å². The predicted molar refractivity (Wildman–Crippen MR) is 93.5 cm³/mol. The summed E-state index contributed by atoms with van der Waals surface area (Å²) in [5.74, 6) is 0.925. The van der Waals surface area contributed by atoms with E-state index in [0.29, 0.717) is 16.7 Å². The topological polar surface area (TPSA) is 81.0 Å². The molecule has 0 radical (unpaired) electrons. The Morgan fingerprint density at radius 1 is 1.26 bits per heavy atom. The molecule has 0 bridgehead atoms. The number of rotatable bonds is 7. The van der Waals surface area contributed by atoms with Gasteiger partial charge >= 0.3 is 5.69 Å². The van der Waals surface area contributed by atoms with E-state index in [9.17, 15) is 10.1 Å². The molecular formula is C14H14Cl2N4O2S. The van der Waals surface area contributed by atoms with Crippen molar-refractivity contribution >= 4 is 46.5 Å². The molecule has 0 saturated carbocycles. The Morgan fingerprint density at radius 3 is 2.57 bits per heavy atom. The lowest BCUT2D eigenvalue weighted by Gasteiger charge is -2.09. The van der Waals surface area contributed by atoms with Crippen molar-refractivity contribution in [3.63, 3.8) is 0 Å². The number of nitrogens with zero attached hydrogens (tertiary/aromatic N) is 3. The van der Waals surface area contributed by atoms with Gasteiger partial charge in [0.05, 0.1) is 4.92 Å². The lowest BCUT2D eigenvalue weighted by molar-refractivity contribution is -0.384. The van der Waals surface area contributed by atoms with E-state index in [2.05, 4.69) is 15.3 Å². The van der Waals surface area contributed by atoms with Gasteiger partial charge in [0.2, 0.25) is 11.0 Å². The number of nitro groups is 1. The molecule has 0 aliphatic rings. The summed E-state index contributed by atoms with van der Waals surface area (Å²) < 4.78 is 0. The van der Waals surface area contributed by atoms with Gasteiger partial charge in [0.15, 0.2) is 5.16 Å². The van der Waals surface area contributed by atoms with Crippen LogP contribution in [0.2, 0.25) is 10.2 Å². The highest BCUT2D eigenvalue weighted by atomic mass is 35.5. The molecule has 0 saturated heterocycles. The van der Waals surface area contributed by atoms with Crippen LogP contribution in [0.5, 0.6) is 0 Å². The third-order valence-corrected chi connectivity index (χ3v) is 4.38. The van der Waals surface area contributed by atoms with Crippen molar-refractivity contribution in [1.29, 1.82) is 0 Å². The van der Waals surface area contributed by atoms with Gasteiger partial charge < -0.3 is 5.32 Å². The highest BCUT2D eigenvalue weighted by molar-refractivity contribution is 7.99. The number of aromatic nitrogens is 2. The fourth-order valence-corrected chi connectivity index (χ4v) is 2.85. The average Bonchev–Trinajstić information content (AvgIpc) is 2.51. The zero-order valence-corrected chi connectivity index (χ0v) is 14.6. The number of thioether (sulfide) groups is 1. The molecule has 2 aromatic rings. The lowest BCUT2D eigenvalue weighted by atomic mass is 10.2. The van der Waals surface area contributed by atoms with E-state index < -0.39 is 4.92 Å². The second-order valence-corrected chi connectivity index (χ2v) is 6.44. The third kappa shape index (κ3) is 4.95. The molecule has 1 heterocycles. The molecule has 2 rings (SSSR count). The maximum atomic E-state index is 11.2. The van der Waals surface area contributed by atoms with Crippen molar-refractivity contribution in [3.8, 4) is 0 Å². The highest BCUT2D eigenvalue weighted by Gasteiger charge is 2.23. The molecule has 1 aromatic carbocycles. The standard InChI is InChI=1S/C14H14Cl2N4O2S/c1-2-7-23-14-18-12(16)11(20(21)22)13(19-14)17-8-9-3-5-10(15)6-4-9/h3-6H,2,7-8H2,1H3,(H,17,18,19). The first-order chi connectivity index (χ1) is 11.0. The lowest BCUT2D eigenvalue weighted by Crippen LogP contribution is -2.07. The Labute approximate surface area is 147 Å².